The molecule has 1 aromatic rings. The van der Waals surface area contributed by atoms with E-state index in [0.29, 0.717) is 12.6 Å². The Labute approximate surface area is 109 Å². The molecule has 3 nitrogen and oxygen atoms in total. The van der Waals surface area contributed by atoms with Crippen LogP contribution in [-0.2, 0) is 6.54 Å². The second-order valence-corrected chi connectivity index (χ2v) is 5.76. The average Bonchev–Trinajstić information content (AvgIpc) is 3.11. The van der Waals surface area contributed by atoms with E-state index in [4.69, 9.17) is 4.74 Å². The Morgan fingerprint density at radius 1 is 1.33 bits per heavy atom. The molecule has 0 saturated heterocycles. The quantitative estimate of drug-likeness (QED) is 0.840. The number of nitrogens with zero attached hydrogens (tertiary/aromatic N) is 1. The third kappa shape index (κ3) is 3.72. The monoisotopic (exact) mass is 249 g/mol. The molecule has 1 fully saturated rings. The molecule has 1 aliphatic rings. The van der Waals surface area contributed by atoms with Crippen LogP contribution in [0.4, 0.5) is 0 Å². The van der Waals surface area contributed by atoms with Gasteiger partial charge >= 0.3 is 0 Å². The van der Waals surface area contributed by atoms with E-state index in [-0.39, 0.29) is 0 Å². The van der Waals surface area contributed by atoms with Crippen molar-refractivity contribution in [3.63, 3.8) is 0 Å². The van der Waals surface area contributed by atoms with Gasteiger partial charge in [0, 0.05) is 24.7 Å². The minimum absolute atomic E-state index is 0.626. The molecule has 0 heterocycles. The smallest absolute Gasteiger partial charge is 0.123 e. The highest BCUT2D eigenvalue weighted by Crippen LogP contribution is 2.31. The molecule has 1 aromatic carbocycles. The molecular formula is C15H23NO2. The lowest BCUT2D eigenvalue weighted by Crippen LogP contribution is -2.39. The van der Waals surface area contributed by atoms with Gasteiger partial charge < -0.3 is 9.84 Å². The van der Waals surface area contributed by atoms with Crippen molar-refractivity contribution in [3.8, 4) is 5.75 Å². The maximum absolute atomic E-state index is 10.00. The number of methoxy groups -OCH3 is 1. The highest BCUT2D eigenvalue weighted by Gasteiger charge is 2.32. The molecule has 100 valence electrons. The summed E-state index contributed by atoms with van der Waals surface area (Å²) in [6.45, 7) is 5.28. The molecule has 1 N–H and O–H groups in total. The Bertz CT molecular complexity index is 394. The molecule has 0 aliphatic heterocycles. The Morgan fingerprint density at radius 3 is 2.56 bits per heavy atom. The van der Waals surface area contributed by atoms with Crippen LogP contribution in [0, 0.1) is 0 Å². The zero-order valence-corrected chi connectivity index (χ0v) is 11.5. The van der Waals surface area contributed by atoms with Crippen LogP contribution in [0.1, 0.15) is 32.3 Å². The fourth-order valence-corrected chi connectivity index (χ4v) is 2.30. The average molecular weight is 249 g/mol. The second kappa shape index (κ2) is 5.29. The molecule has 0 bridgehead atoms. The summed E-state index contributed by atoms with van der Waals surface area (Å²) in [6, 6.07) is 8.73. The molecule has 0 spiro atoms. The van der Waals surface area contributed by atoms with Crippen molar-refractivity contribution in [1.82, 2.24) is 4.90 Å². The second-order valence-electron chi connectivity index (χ2n) is 5.76. The van der Waals surface area contributed by atoms with Gasteiger partial charge in [-0.25, -0.2) is 0 Å². The van der Waals surface area contributed by atoms with E-state index in [1.54, 1.807) is 7.11 Å². The minimum Gasteiger partial charge on any atom is -0.496 e. The van der Waals surface area contributed by atoms with Gasteiger partial charge in [0.2, 0.25) is 0 Å². The zero-order chi connectivity index (χ0) is 13.2. The highest BCUT2D eigenvalue weighted by molar-refractivity contribution is 5.33. The van der Waals surface area contributed by atoms with E-state index >= 15 is 0 Å². The summed E-state index contributed by atoms with van der Waals surface area (Å²) >= 11 is 0. The van der Waals surface area contributed by atoms with Gasteiger partial charge in [0.15, 0.2) is 0 Å². The van der Waals surface area contributed by atoms with Crippen LogP contribution >= 0.6 is 0 Å². The summed E-state index contributed by atoms with van der Waals surface area (Å²) in [6.07, 6.45) is 2.48. The van der Waals surface area contributed by atoms with Crippen LogP contribution in [-0.4, -0.2) is 35.3 Å². The van der Waals surface area contributed by atoms with Crippen LogP contribution in [0.15, 0.2) is 24.3 Å². The first-order valence-corrected chi connectivity index (χ1v) is 6.58. The van der Waals surface area contributed by atoms with Gasteiger partial charge in [-0.15, -0.1) is 0 Å². The molecular weight excluding hydrogens is 226 g/mol. The van der Waals surface area contributed by atoms with Crippen molar-refractivity contribution < 1.29 is 9.84 Å². The van der Waals surface area contributed by atoms with E-state index in [1.165, 1.54) is 18.4 Å². The van der Waals surface area contributed by atoms with Crippen molar-refractivity contribution in [1.29, 1.82) is 0 Å². The topological polar surface area (TPSA) is 32.7 Å². The number of hydrogen-bond donors (Lipinski definition) is 1. The molecule has 1 saturated carbocycles. The summed E-state index contributed by atoms with van der Waals surface area (Å²) in [5, 5.41) is 10.00. The highest BCUT2D eigenvalue weighted by atomic mass is 16.5. The normalized spacial score (nSPS) is 16.1. The van der Waals surface area contributed by atoms with E-state index in [1.807, 2.05) is 32.0 Å². The van der Waals surface area contributed by atoms with E-state index in [9.17, 15) is 5.11 Å². The Hall–Kier alpha value is -1.06. The van der Waals surface area contributed by atoms with Gasteiger partial charge in [-0.2, -0.15) is 0 Å². The number of hydrogen-bond acceptors (Lipinski definition) is 3. The fraction of sp³-hybridized carbons (Fsp3) is 0.600. The maximum Gasteiger partial charge on any atom is 0.123 e. The molecule has 1 aliphatic carbocycles. The van der Waals surface area contributed by atoms with Crippen molar-refractivity contribution in [2.24, 2.45) is 0 Å². The zero-order valence-electron chi connectivity index (χ0n) is 11.5. The summed E-state index contributed by atoms with van der Waals surface area (Å²) in [4.78, 5) is 2.36. The molecule has 0 amide bonds. The third-order valence-electron chi connectivity index (χ3n) is 3.22. The minimum atomic E-state index is -0.648. The number of rotatable bonds is 6. The van der Waals surface area contributed by atoms with Gasteiger partial charge in [-0.3, -0.25) is 4.90 Å². The van der Waals surface area contributed by atoms with E-state index in [0.717, 1.165) is 12.3 Å². The number of para-hydroxylation sites is 1. The lowest BCUT2D eigenvalue weighted by atomic mass is 10.1. The lowest BCUT2D eigenvalue weighted by Gasteiger charge is -2.29. The maximum atomic E-state index is 10.00. The first-order chi connectivity index (χ1) is 8.49. The Balaban J connectivity index is 2.08. The standard InChI is InChI=1S/C15H23NO2/c1-15(2,17)11-16(13-8-9-13)10-12-6-4-5-7-14(12)18-3/h4-7,13,17H,8-11H2,1-3H3. The number of benzene rings is 1. The van der Waals surface area contributed by atoms with Crippen LogP contribution in [0.3, 0.4) is 0 Å². The van der Waals surface area contributed by atoms with Gasteiger partial charge in [0.1, 0.15) is 5.75 Å². The van der Waals surface area contributed by atoms with Gasteiger partial charge in [-0.1, -0.05) is 18.2 Å². The van der Waals surface area contributed by atoms with Crippen LogP contribution in [0.5, 0.6) is 5.75 Å². The molecule has 0 atom stereocenters. The molecule has 18 heavy (non-hydrogen) atoms. The summed E-state index contributed by atoms with van der Waals surface area (Å²) < 4.78 is 5.39. The molecule has 2 rings (SSSR count). The summed E-state index contributed by atoms with van der Waals surface area (Å²) in [5.41, 5.74) is 0.543. The number of ether oxygens (including phenoxy) is 1. The first-order valence-electron chi connectivity index (χ1n) is 6.58. The van der Waals surface area contributed by atoms with Crippen molar-refractivity contribution in [2.75, 3.05) is 13.7 Å². The lowest BCUT2D eigenvalue weighted by molar-refractivity contribution is 0.0302. The van der Waals surface area contributed by atoms with Gasteiger partial charge in [-0.05, 0) is 32.8 Å². The van der Waals surface area contributed by atoms with Crippen molar-refractivity contribution in [3.05, 3.63) is 29.8 Å². The fourth-order valence-electron chi connectivity index (χ4n) is 2.30. The van der Waals surface area contributed by atoms with Crippen molar-refractivity contribution >= 4 is 0 Å². The van der Waals surface area contributed by atoms with Crippen LogP contribution in [0.2, 0.25) is 0 Å². The summed E-state index contributed by atoms with van der Waals surface area (Å²) in [5.74, 6) is 0.930. The predicted octanol–water partition coefficient (Wildman–Crippen LogP) is 2.43. The summed E-state index contributed by atoms with van der Waals surface area (Å²) in [7, 11) is 1.70. The largest absolute Gasteiger partial charge is 0.496 e. The molecule has 0 radical (unpaired) electrons. The number of aliphatic hydroxyl groups is 1. The van der Waals surface area contributed by atoms with Gasteiger partial charge in [0.25, 0.3) is 0 Å². The predicted molar refractivity (Wildman–Crippen MR) is 72.7 cm³/mol. The van der Waals surface area contributed by atoms with Crippen molar-refractivity contribution in [2.45, 2.75) is 44.9 Å². The van der Waals surface area contributed by atoms with E-state index in [2.05, 4.69) is 11.0 Å². The Kier molecular flexibility index (Phi) is 3.93. The molecule has 0 unspecified atom stereocenters. The Morgan fingerprint density at radius 2 is 2.00 bits per heavy atom. The van der Waals surface area contributed by atoms with Crippen LogP contribution < -0.4 is 4.74 Å². The van der Waals surface area contributed by atoms with E-state index < -0.39 is 5.60 Å². The third-order valence-corrected chi connectivity index (χ3v) is 3.22. The first kappa shape index (κ1) is 13.4. The SMILES string of the molecule is COc1ccccc1CN(CC(C)(C)O)C1CC1. The molecule has 0 aromatic heterocycles. The van der Waals surface area contributed by atoms with Gasteiger partial charge in [0.05, 0.1) is 12.7 Å². The van der Waals surface area contributed by atoms with Crippen LogP contribution in [0.25, 0.3) is 0 Å². The molecule has 3 heteroatoms.